The molecule has 0 amide bonds. The summed E-state index contributed by atoms with van der Waals surface area (Å²) in [5.74, 6) is 0. The fourth-order valence-electron chi connectivity index (χ4n) is 1.18. The van der Waals surface area contributed by atoms with Crippen LogP contribution in [0.1, 0.15) is 12.5 Å². The Kier molecular flexibility index (Phi) is 5.40. The molecule has 0 saturated heterocycles. The van der Waals surface area contributed by atoms with Crippen molar-refractivity contribution >= 4 is 23.2 Å². The molecule has 2 nitrogen and oxygen atoms in total. The SMILES string of the molecule is CC(O)C(Cl)NCCc1ccc(Cl)cc1. The molecule has 0 fully saturated rings. The zero-order chi connectivity index (χ0) is 11.3. The Balaban J connectivity index is 2.29. The van der Waals surface area contributed by atoms with Crippen molar-refractivity contribution in [1.29, 1.82) is 0 Å². The maximum Gasteiger partial charge on any atom is 0.108 e. The topological polar surface area (TPSA) is 32.3 Å². The van der Waals surface area contributed by atoms with Crippen LogP contribution in [0.5, 0.6) is 0 Å². The summed E-state index contributed by atoms with van der Waals surface area (Å²) in [5, 5.41) is 12.9. The van der Waals surface area contributed by atoms with E-state index in [1.54, 1.807) is 6.92 Å². The van der Waals surface area contributed by atoms with Gasteiger partial charge in [-0.2, -0.15) is 0 Å². The summed E-state index contributed by atoms with van der Waals surface area (Å²) in [6.07, 6.45) is 0.324. The summed E-state index contributed by atoms with van der Waals surface area (Å²) in [4.78, 5) is 0. The van der Waals surface area contributed by atoms with E-state index in [2.05, 4.69) is 5.32 Å². The minimum atomic E-state index is -0.545. The molecule has 2 unspecified atom stereocenters. The number of hydrogen-bond acceptors (Lipinski definition) is 2. The van der Waals surface area contributed by atoms with E-state index < -0.39 is 11.6 Å². The molecule has 1 rings (SSSR count). The predicted octanol–water partition coefficient (Wildman–Crippen LogP) is 2.42. The number of aliphatic hydroxyl groups excluding tert-OH is 1. The van der Waals surface area contributed by atoms with Crippen molar-refractivity contribution in [2.24, 2.45) is 0 Å². The van der Waals surface area contributed by atoms with Gasteiger partial charge in [0.1, 0.15) is 5.50 Å². The Hall–Kier alpha value is -0.280. The molecule has 1 aromatic carbocycles. The van der Waals surface area contributed by atoms with Gasteiger partial charge in [-0.3, -0.25) is 5.32 Å². The van der Waals surface area contributed by atoms with Gasteiger partial charge in [-0.05, 0) is 31.0 Å². The predicted molar refractivity (Wildman–Crippen MR) is 64.5 cm³/mol. The van der Waals surface area contributed by atoms with Gasteiger partial charge in [0.05, 0.1) is 6.10 Å². The summed E-state index contributed by atoms with van der Waals surface area (Å²) >= 11 is 11.6. The van der Waals surface area contributed by atoms with Gasteiger partial charge in [0.2, 0.25) is 0 Å². The zero-order valence-electron chi connectivity index (χ0n) is 8.58. The molecule has 0 radical (unpaired) electrons. The Labute approximate surface area is 100 Å². The number of nitrogens with one attached hydrogen (secondary N) is 1. The van der Waals surface area contributed by atoms with Crippen molar-refractivity contribution in [2.45, 2.75) is 24.9 Å². The molecule has 0 aromatic heterocycles. The molecule has 84 valence electrons. The maximum absolute atomic E-state index is 9.14. The normalized spacial score (nSPS) is 14.9. The van der Waals surface area contributed by atoms with Crippen molar-refractivity contribution in [2.75, 3.05) is 6.54 Å². The van der Waals surface area contributed by atoms with Crippen molar-refractivity contribution in [3.63, 3.8) is 0 Å². The average Bonchev–Trinajstić information content (AvgIpc) is 2.20. The monoisotopic (exact) mass is 247 g/mol. The van der Waals surface area contributed by atoms with E-state index >= 15 is 0 Å². The summed E-state index contributed by atoms with van der Waals surface area (Å²) in [6, 6.07) is 7.69. The first kappa shape index (κ1) is 12.8. The van der Waals surface area contributed by atoms with Crippen LogP contribution in [-0.2, 0) is 6.42 Å². The van der Waals surface area contributed by atoms with Crippen LogP contribution in [0.3, 0.4) is 0 Å². The second-order valence-corrected chi connectivity index (χ2v) is 4.38. The van der Waals surface area contributed by atoms with Crippen LogP contribution < -0.4 is 5.32 Å². The van der Waals surface area contributed by atoms with E-state index in [1.807, 2.05) is 24.3 Å². The molecule has 1 aromatic rings. The summed E-state index contributed by atoms with van der Waals surface area (Å²) in [5.41, 5.74) is 0.804. The highest BCUT2D eigenvalue weighted by atomic mass is 35.5. The van der Waals surface area contributed by atoms with Crippen LogP contribution >= 0.6 is 23.2 Å². The fourth-order valence-corrected chi connectivity index (χ4v) is 1.41. The largest absolute Gasteiger partial charge is 0.390 e. The minimum Gasteiger partial charge on any atom is -0.390 e. The molecule has 0 aliphatic heterocycles. The first-order valence-electron chi connectivity index (χ1n) is 4.89. The summed E-state index contributed by atoms with van der Waals surface area (Å²) in [6.45, 7) is 2.40. The highest BCUT2D eigenvalue weighted by molar-refractivity contribution is 6.30. The number of hydrogen-bond donors (Lipinski definition) is 2. The molecule has 0 spiro atoms. The summed E-state index contributed by atoms with van der Waals surface area (Å²) < 4.78 is 0. The third-order valence-corrected chi connectivity index (χ3v) is 2.86. The minimum absolute atomic E-state index is 0.391. The molecule has 0 heterocycles. The van der Waals surface area contributed by atoms with E-state index in [4.69, 9.17) is 28.3 Å². The smallest absolute Gasteiger partial charge is 0.108 e. The zero-order valence-corrected chi connectivity index (χ0v) is 10.1. The van der Waals surface area contributed by atoms with Crippen LogP contribution in [0, 0.1) is 0 Å². The van der Waals surface area contributed by atoms with Gasteiger partial charge >= 0.3 is 0 Å². The van der Waals surface area contributed by atoms with Gasteiger partial charge in [0, 0.05) is 11.6 Å². The Morgan fingerprint density at radius 1 is 1.33 bits per heavy atom. The number of halogens is 2. The first-order valence-corrected chi connectivity index (χ1v) is 5.71. The highest BCUT2D eigenvalue weighted by Crippen LogP contribution is 2.09. The number of aliphatic hydroxyl groups is 1. The Morgan fingerprint density at radius 3 is 2.47 bits per heavy atom. The standard InChI is InChI=1S/C11H15Cl2NO/c1-8(15)11(13)14-7-6-9-2-4-10(12)5-3-9/h2-5,8,11,14-15H,6-7H2,1H3. The Morgan fingerprint density at radius 2 is 1.93 bits per heavy atom. The molecule has 4 heteroatoms. The van der Waals surface area contributed by atoms with Crippen LogP contribution in [0.25, 0.3) is 0 Å². The van der Waals surface area contributed by atoms with E-state index in [9.17, 15) is 0 Å². The van der Waals surface area contributed by atoms with Crippen LogP contribution in [0.15, 0.2) is 24.3 Å². The van der Waals surface area contributed by atoms with Crippen molar-refractivity contribution < 1.29 is 5.11 Å². The number of alkyl halides is 1. The molecular weight excluding hydrogens is 233 g/mol. The van der Waals surface area contributed by atoms with Gasteiger partial charge in [0.25, 0.3) is 0 Å². The van der Waals surface area contributed by atoms with Gasteiger partial charge in [-0.1, -0.05) is 23.7 Å². The fraction of sp³-hybridized carbons (Fsp3) is 0.455. The molecule has 0 aliphatic rings. The van der Waals surface area contributed by atoms with Crippen molar-refractivity contribution in [3.05, 3.63) is 34.9 Å². The third-order valence-electron chi connectivity index (χ3n) is 2.09. The second kappa shape index (κ2) is 6.33. The Bertz CT molecular complexity index is 287. The quantitative estimate of drug-likeness (QED) is 0.619. The van der Waals surface area contributed by atoms with Crippen molar-refractivity contribution in [1.82, 2.24) is 5.32 Å². The molecule has 0 aliphatic carbocycles. The molecule has 0 saturated carbocycles. The average molecular weight is 248 g/mol. The molecule has 2 N–H and O–H groups in total. The van der Waals surface area contributed by atoms with Gasteiger partial charge in [-0.15, -0.1) is 11.6 Å². The first-order chi connectivity index (χ1) is 7.09. The van der Waals surface area contributed by atoms with Gasteiger partial charge in [-0.25, -0.2) is 0 Å². The lowest BCUT2D eigenvalue weighted by Gasteiger charge is -2.14. The lowest BCUT2D eigenvalue weighted by atomic mass is 10.1. The third kappa shape index (κ3) is 4.85. The van der Waals surface area contributed by atoms with E-state index in [0.717, 1.165) is 18.0 Å². The van der Waals surface area contributed by atoms with E-state index in [-0.39, 0.29) is 0 Å². The van der Waals surface area contributed by atoms with Gasteiger partial charge < -0.3 is 5.11 Å². The van der Waals surface area contributed by atoms with Crippen LogP contribution in [-0.4, -0.2) is 23.3 Å². The molecule has 0 bridgehead atoms. The van der Waals surface area contributed by atoms with Gasteiger partial charge in [0.15, 0.2) is 0 Å². The molecular formula is C11H15Cl2NO. The lowest BCUT2D eigenvalue weighted by Crippen LogP contribution is -2.34. The number of rotatable bonds is 5. The molecule has 2 atom stereocenters. The number of benzene rings is 1. The van der Waals surface area contributed by atoms with Crippen LogP contribution in [0.2, 0.25) is 5.02 Å². The highest BCUT2D eigenvalue weighted by Gasteiger charge is 2.08. The maximum atomic E-state index is 9.14. The molecule has 15 heavy (non-hydrogen) atoms. The van der Waals surface area contributed by atoms with E-state index in [0.29, 0.717) is 0 Å². The van der Waals surface area contributed by atoms with Crippen LogP contribution in [0.4, 0.5) is 0 Å². The van der Waals surface area contributed by atoms with E-state index in [1.165, 1.54) is 5.56 Å². The second-order valence-electron chi connectivity index (χ2n) is 3.47. The lowest BCUT2D eigenvalue weighted by molar-refractivity contribution is 0.177. The summed E-state index contributed by atoms with van der Waals surface area (Å²) in [7, 11) is 0. The van der Waals surface area contributed by atoms with Crippen molar-refractivity contribution in [3.8, 4) is 0 Å².